The molecule has 1 aromatic carbocycles. The molecule has 0 aliphatic carbocycles. The number of para-hydroxylation sites is 1. The van der Waals surface area contributed by atoms with Crippen molar-refractivity contribution in [2.24, 2.45) is 0 Å². The topological polar surface area (TPSA) is 49.0 Å². The quantitative estimate of drug-likeness (QED) is 0.815. The highest BCUT2D eigenvalue weighted by Gasteiger charge is 2.08. The molecule has 0 bridgehead atoms. The van der Waals surface area contributed by atoms with E-state index in [-0.39, 0.29) is 5.56 Å². The Morgan fingerprint density at radius 1 is 1.22 bits per heavy atom. The zero-order valence-electron chi connectivity index (χ0n) is 10.1. The molecule has 4 heteroatoms. The van der Waals surface area contributed by atoms with Crippen LogP contribution in [-0.2, 0) is 0 Å². The number of anilines is 1. The van der Waals surface area contributed by atoms with Gasteiger partial charge in [0.05, 0.1) is 10.9 Å². The fourth-order valence-corrected chi connectivity index (χ4v) is 1.78. The zero-order valence-corrected chi connectivity index (χ0v) is 10.1. The van der Waals surface area contributed by atoms with E-state index in [2.05, 4.69) is 23.1 Å². The Labute approximate surface area is 105 Å². The summed E-state index contributed by atoms with van der Waals surface area (Å²) >= 11 is 0. The maximum absolute atomic E-state index is 11.9. The monoisotopic (exact) mass is 241 g/mol. The van der Waals surface area contributed by atoms with Gasteiger partial charge >= 0.3 is 0 Å². The van der Waals surface area contributed by atoms with Gasteiger partial charge in [0, 0.05) is 13.1 Å². The molecule has 0 radical (unpaired) electrons. The van der Waals surface area contributed by atoms with E-state index >= 15 is 0 Å². The molecule has 0 atom stereocenters. The minimum Gasteiger partial charge on any atom is -0.335 e. The predicted molar refractivity (Wildman–Crippen MR) is 75.0 cm³/mol. The van der Waals surface area contributed by atoms with Crippen LogP contribution in [0.3, 0.4) is 0 Å². The molecule has 0 saturated heterocycles. The molecule has 92 valence electrons. The Balaban J connectivity index is 2.53. The minimum atomic E-state index is -0.131. The number of hydrogen-bond acceptors (Lipinski definition) is 3. The lowest BCUT2D eigenvalue weighted by Gasteiger charge is -2.19. The van der Waals surface area contributed by atoms with Crippen molar-refractivity contribution in [1.82, 2.24) is 9.97 Å². The van der Waals surface area contributed by atoms with Crippen LogP contribution in [0.4, 0.5) is 5.95 Å². The first-order chi connectivity index (χ1) is 8.76. The lowest BCUT2D eigenvalue weighted by Crippen LogP contribution is -2.27. The number of benzene rings is 1. The molecule has 1 N–H and O–H groups in total. The lowest BCUT2D eigenvalue weighted by atomic mass is 10.2. The van der Waals surface area contributed by atoms with Crippen LogP contribution in [0.5, 0.6) is 0 Å². The van der Waals surface area contributed by atoms with Gasteiger partial charge in [-0.2, -0.15) is 0 Å². The Kier molecular flexibility index (Phi) is 3.57. The lowest BCUT2D eigenvalue weighted by molar-refractivity contribution is 0.891. The van der Waals surface area contributed by atoms with Crippen molar-refractivity contribution in [3.63, 3.8) is 0 Å². The van der Waals surface area contributed by atoms with Crippen LogP contribution in [0, 0.1) is 0 Å². The van der Waals surface area contributed by atoms with Gasteiger partial charge in [0.1, 0.15) is 0 Å². The van der Waals surface area contributed by atoms with E-state index in [9.17, 15) is 4.79 Å². The van der Waals surface area contributed by atoms with Crippen molar-refractivity contribution in [3.05, 3.63) is 59.9 Å². The maximum Gasteiger partial charge on any atom is 0.260 e. The smallest absolute Gasteiger partial charge is 0.260 e. The Hall–Kier alpha value is -2.36. The second-order valence-electron chi connectivity index (χ2n) is 3.89. The van der Waals surface area contributed by atoms with E-state index in [1.807, 2.05) is 23.1 Å². The molecule has 1 aromatic heterocycles. The first-order valence-electron chi connectivity index (χ1n) is 5.72. The van der Waals surface area contributed by atoms with E-state index in [0.717, 1.165) is 0 Å². The number of hydrogen-bond donors (Lipinski definition) is 1. The number of nitrogens with zero attached hydrogens (tertiary/aromatic N) is 2. The van der Waals surface area contributed by atoms with Gasteiger partial charge in [-0.15, -0.1) is 13.2 Å². The van der Waals surface area contributed by atoms with E-state index in [4.69, 9.17) is 0 Å². The predicted octanol–water partition coefficient (Wildman–Crippen LogP) is 2.10. The van der Waals surface area contributed by atoms with Crippen LogP contribution in [-0.4, -0.2) is 23.1 Å². The van der Waals surface area contributed by atoms with Gasteiger partial charge in [-0.25, -0.2) is 4.98 Å². The average Bonchev–Trinajstić information content (AvgIpc) is 2.38. The van der Waals surface area contributed by atoms with Gasteiger partial charge in [0.15, 0.2) is 0 Å². The van der Waals surface area contributed by atoms with E-state index in [1.165, 1.54) is 0 Å². The Morgan fingerprint density at radius 2 is 1.89 bits per heavy atom. The first kappa shape index (κ1) is 12.1. The number of aromatic amines is 1. The standard InChI is InChI=1S/C14H15N3O/c1-3-9-17(10-4-2)14-15-12-8-6-5-7-11(12)13(18)16-14/h3-8H,1-2,9-10H2,(H,15,16,18). The number of rotatable bonds is 5. The number of fused-ring (bicyclic) bond motifs is 1. The van der Waals surface area contributed by atoms with Gasteiger partial charge in [-0.05, 0) is 12.1 Å². The highest BCUT2D eigenvalue weighted by Crippen LogP contribution is 2.11. The summed E-state index contributed by atoms with van der Waals surface area (Å²) in [6.45, 7) is 8.60. The third kappa shape index (κ3) is 2.32. The van der Waals surface area contributed by atoms with E-state index in [1.54, 1.807) is 18.2 Å². The SMILES string of the molecule is C=CCN(CC=C)c1nc2ccccc2c(=O)[nH]1. The maximum atomic E-state index is 11.9. The van der Waals surface area contributed by atoms with Gasteiger partial charge in [-0.3, -0.25) is 9.78 Å². The molecule has 0 spiro atoms. The summed E-state index contributed by atoms with van der Waals surface area (Å²) in [7, 11) is 0. The normalized spacial score (nSPS) is 10.2. The molecular weight excluding hydrogens is 226 g/mol. The molecule has 2 rings (SSSR count). The highest BCUT2D eigenvalue weighted by atomic mass is 16.1. The van der Waals surface area contributed by atoms with Crippen LogP contribution < -0.4 is 10.5 Å². The molecule has 0 aliphatic rings. The van der Waals surface area contributed by atoms with Crippen LogP contribution in [0.2, 0.25) is 0 Å². The first-order valence-corrected chi connectivity index (χ1v) is 5.72. The third-order valence-corrected chi connectivity index (χ3v) is 2.60. The largest absolute Gasteiger partial charge is 0.335 e. The van der Waals surface area contributed by atoms with Crippen molar-refractivity contribution in [1.29, 1.82) is 0 Å². The van der Waals surface area contributed by atoms with Crippen LogP contribution >= 0.6 is 0 Å². The van der Waals surface area contributed by atoms with Crippen molar-refractivity contribution < 1.29 is 0 Å². The summed E-state index contributed by atoms with van der Waals surface area (Å²) in [5.74, 6) is 0.540. The molecule has 0 aliphatic heterocycles. The highest BCUT2D eigenvalue weighted by molar-refractivity contribution is 5.78. The minimum absolute atomic E-state index is 0.131. The van der Waals surface area contributed by atoms with Crippen molar-refractivity contribution in [2.75, 3.05) is 18.0 Å². The fraction of sp³-hybridized carbons (Fsp3) is 0.143. The average molecular weight is 241 g/mol. The molecule has 0 amide bonds. The number of aromatic nitrogens is 2. The molecule has 1 heterocycles. The zero-order chi connectivity index (χ0) is 13.0. The molecule has 0 unspecified atom stereocenters. The Morgan fingerprint density at radius 3 is 2.56 bits per heavy atom. The van der Waals surface area contributed by atoms with Gasteiger partial charge < -0.3 is 4.90 Å². The Bertz CT molecular complexity index is 620. The summed E-state index contributed by atoms with van der Waals surface area (Å²) in [4.78, 5) is 21.1. The van der Waals surface area contributed by atoms with Crippen molar-refractivity contribution >= 4 is 16.9 Å². The summed E-state index contributed by atoms with van der Waals surface area (Å²) < 4.78 is 0. The summed E-state index contributed by atoms with van der Waals surface area (Å²) in [5, 5.41) is 0.596. The van der Waals surface area contributed by atoms with Crippen molar-refractivity contribution in [3.8, 4) is 0 Å². The van der Waals surface area contributed by atoms with Gasteiger partial charge in [0.25, 0.3) is 5.56 Å². The van der Waals surface area contributed by atoms with E-state index < -0.39 is 0 Å². The van der Waals surface area contributed by atoms with Gasteiger partial charge in [0.2, 0.25) is 5.95 Å². The fourth-order valence-electron chi connectivity index (χ4n) is 1.78. The van der Waals surface area contributed by atoms with Crippen molar-refractivity contribution in [2.45, 2.75) is 0 Å². The third-order valence-electron chi connectivity index (χ3n) is 2.60. The summed E-state index contributed by atoms with van der Waals surface area (Å²) in [6.07, 6.45) is 3.53. The van der Waals surface area contributed by atoms with Crippen LogP contribution in [0.15, 0.2) is 54.4 Å². The molecule has 4 nitrogen and oxygen atoms in total. The summed E-state index contributed by atoms with van der Waals surface area (Å²) in [5.41, 5.74) is 0.558. The summed E-state index contributed by atoms with van der Waals surface area (Å²) in [6, 6.07) is 7.28. The number of H-pyrrole nitrogens is 1. The second kappa shape index (κ2) is 5.31. The van der Waals surface area contributed by atoms with Gasteiger partial charge in [-0.1, -0.05) is 24.3 Å². The molecule has 0 saturated carbocycles. The second-order valence-corrected chi connectivity index (χ2v) is 3.89. The van der Waals surface area contributed by atoms with Crippen LogP contribution in [0.1, 0.15) is 0 Å². The molecule has 2 aromatic rings. The van der Waals surface area contributed by atoms with E-state index in [0.29, 0.717) is 29.9 Å². The molecule has 18 heavy (non-hydrogen) atoms. The molecule has 0 fully saturated rings. The van der Waals surface area contributed by atoms with Crippen LogP contribution in [0.25, 0.3) is 10.9 Å². The molecular formula is C14H15N3O. The number of nitrogens with one attached hydrogen (secondary N) is 1.